The van der Waals surface area contributed by atoms with Crippen LogP contribution >= 0.6 is 27.3 Å². The summed E-state index contributed by atoms with van der Waals surface area (Å²) in [5, 5.41) is 5.68. The van der Waals surface area contributed by atoms with Gasteiger partial charge in [0, 0.05) is 27.9 Å². The maximum atomic E-state index is 5.76. The van der Waals surface area contributed by atoms with Crippen molar-refractivity contribution in [3.05, 3.63) is 56.7 Å². The summed E-state index contributed by atoms with van der Waals surface area (Å²) in [6.07, 6.45) is 1.04. The highest BCUT2D eigenvalue weighted by Gasteiger charge is 2.23. The van der Waals surface area contributed by atoms with E-state index in [9.17, 15) is 0 Å². The molecule has 0 amide bonds. The van der Waals surface area contributed by atoms with Crippen LogP contribution in [-0.4, -0.2) is 19.7 Å². The van der Waals surface area contributed by atoms with Gasteiger partial charge >= 0.3 is 0 Å². The number of ether oxygens (including phenoxy) is 1. The highest BCUT2D eigenvalue weighted by atomic mass is 79.9. The van der Waals surface area contributed by atoms with Gasteiger partial charge in [-0.25, -0.2) is 0 Å². The number of benzene rings is 1. The van der Waals surface area contributed by atoms with E-state index in [-0.39, 0.29) is 12.1 Å². The molecular weight excluding hydrogens is 334 g/mol. The summed E-state index contributed by atoms with van der Waals surface area (Å²) in [6.45, 7) is 3.07. The van der Waals surface area contributed by atoms with E-state index in [0.717, 1.165) is 17.4 Å². The Hall–Kier alpha value is -0.680. The minimum Gasteiger partial charge on any atom is -0.375 e. The fourth-order valence-electron chi connectivity index (χ4n) is 2.40. The summed E-state index contributed by atoms with van der Waals surface area (Å²) in [4.78, 5) is 1.36. The van der Waals surface area contributed by atoms with Gasteiger partial charge in [-0.15, -0.1) is 11.3 Å². The lowest BCUT2D eigenvalue weighted by atomic mass is 9.99. The van der Waals surface area contributed by atoms with E-state index < -0.39 is 0 Å². The molecule has 0 aliphatic rings. The molecule has 0 aliphatic heterocycles. The van der Waals surface area contributed by atoms with Crippen LogP contribution in [0.4, 0.5) is 0 Å². The number of hydrogen-bond acceptors (Lipinski definition) is 3. The number of thiophene rings is 1. The zero-order valence-corrected chi connectivity index (χ0v) is 14.2. The quantitative estimate of drug-likeness (QED) is 0.795. The van der Waals surface area contributed by atoms with E-state index in [1.54, 1.807) is 18.4 Å². The van der Waals surface area contributed by atoms with E-state index in [4.69, 9.17) is 4.74 Å². The predicted octanol–water partition coefficient (Wildman–Crippen LogP) is 4.42. The van der Waals surface area contributed by atoms with Crippen molar-refractivity contribution in [2.75, 3.05) is 13.7 Å². The van der Waals surface area contributed by atoms with Crippen molar-refractivity contribution in [3.63, 3.8) is 0 Å². The van der Waals surface area contributed by atoms with Gasteiger partial charge in [0.1, 0.15) is 0 Å². The average Bonchev–Trinajstić information content (AvgIpc) is 2.86. The molecule has 0 aliphatic carbocycles. The summed E-state index contributed by atoms with van der Waals surface area (Å²) >= 11 is 5.30. The summed E-state index contributed by atoms with van der Waals surface area (Å²) in [7, 11) is 1.78. The SMILES string of the molecule is CCNC(Cc1cc(Br)cs1)C(OC)c1ccccc1. The van der Waals surface area contributed by atoms with Crippen LogP contribution in [-0.2, 0) is 11.2 Å². The van der Waals surface area contributed by atoms with Crippen LogP contribution in [0.2, 0.25) is 0 Å². The molecule has 2 nitrogen and oxygen atoms in total. The molecule has 0 fully saturated rings. The first-order valence-corrected chi connectivity index (χ1v) is 8.46. The standard InChI is InChI=1S/C16H20BrNOS/c1-3-18-15(10-14-9-13(17)11-20-14)16(19-2)12-7-5-4-6-8-12/h4-9,11,15-16,18H,3,10H2,1-2H3. The number of nitrogens with one attached hydrogen (secondary N) is 1. The Balaban J connectivity index is 2.17. The van der Waals surface area contributed by atoms with Gasteiger partial charge in [0.05, 0.1) is 6.10 Å². The van der Waals surface area contributed by atoms with Crippen molar-refractivity contribution in [1.82, 2.24) is 5.32 Å². The predicted molar refractivity (Wildman–Crippen MR) is 89.4 cm³/mol. The fraction of sp³-hybridized carbons (Fsp3) is 0.375. The second-order valence-electron chi connectivity index (χ2n) is 4.67. The van der Waals surface area contributed by atoms with Crippen molar-refractivity contribution in [1.29, 1.82) is 0 Å². The normalized spacial score (nSPS) is 14.2. The molecule has 2 aromatic rings. The summed E-state index contributed by atoms with van der Waals surface area (Å²) in [5.41, 5.74) is 1.22. The molecule has 2 atom stereocenters. The van der Waals surface area contributed by atoms with E-state index in [2.05, 4.69) is 63.9 Å². The second kappa shape index (κ2) is 7.93. The first-order valence-electron chi connectivity index (χ1n) is 6.78. The largest absolute Gasteiger partial charge is 0.375 e. The Morgan fingerprint density at radius 3 is 2.60 bits per heavy atom. The van der Waals surface area contributed by atoms with Crippen molar-refractivity contribution < 1.29 is 4.74 Å². The van der Waals surface area contributed by atoms with E-state index in [1.807, 2.05) is 6.07 Å². The monoisotopic (exact) mass is 353 g/mol. The highest BCUT2D eigenvalue weighted by Crippen LogP contribution is 2.27. The number of hydrogen-bond donors (Lipinski definition) is 1. The van der Waals surface area contributed by atoms with Crippen molar-refractivity contribution >= 4 is 27.3 Å². The lowest BCUT2D eigenvalue weighted by molar-refractivity contribution is 0.0686. The molecule has 0 bridgehead atoms. The van der Waals surface area contributed by atoms with Crippen molar-refractivity contribution in [3.8, 4) is 0 Å². The van der Waals surface area contributed by atoms with Crippen LogP contribution < -0.4 is 5.32 Å². The van der Waals surface area contributed by atoms with Gasteiger partial charge in [0.2, 0.25) is 0 Å². The van der Waals surface area contributed by atoms with Crippen molar-refractivity contribution in [2.45, 2.75) is 25.5 Å². The summed E-state index contributed by atoms with van der Waals surface area (Å²) in [6, 6.07) is 12.9. The molecule has 1 heterocycles. The molecule has 1 aromatic carbocycles. The maximum absolute atomic E-state index is 5.76. The summed E-state index contributed by atoms with van der Waals surface area (Å²) in [5.74, 6) is 0. The number of rotatable bonds is 7. The Bertz CT molecular complexity index is 514. The maximum Gasteiger partial charge on any atom is 0.0977 e. The molecule has 20 heavy (non-hydrogen) atoms. The fourth-order valence-corrected chi connectivity index (χ4v) is 3.91. The van der Waals surface area contributed by atoms with Gasteiger partial charge in [0.25, 0.3) is 0 Å². The van der Waals surface area contributed by atoms with Crippen molar-refractivity contribution in [2.24, 2.45) is 0 Å². The molecular formula is C16H20BrNOS. The zero-order chi connectivity index (χ0) is 14.4. The molecule has 108 valence electrons. The van der Waals surface area contributed by atoms with Crippen LogP contribution in [0.25, 0.3) is 0 Å². The Kier molecular flexibility index (Phi) is 6.23. The first-order chi connectivity index (χ1) is 9.74. The molecule has 0 saturated carbocycles. The molecule has 1 aromatic heterocycles. The smallest absolute Gasteiger partial charge is 0.0977 e. The molecule has 1 N–H and O–H groups in total. The minimum absolute atomic E-state index is 0.0667. The first kappa shape index (κ1) is 15.7. The topological polar surface area (TPSA) is 21.3 Å². The zero-order valence-electron chi connectivity index (χ0n) is 11.8. The lowest BCUT2D eigenvalue weighted by Gasteiger charge is -2.27. The molecule has 4 heteroatoms. The lowest BCUT2D eigenvalue weighted by Crippen LogP contribution is -2.37. The van der Waals surface area contributed by atoms with E-state index in [0.29, 0.717) is 0 Å². The van der Waals surface area contributed by atoms with Crippen LogP contribution in [0.15, 0.2) is 46.3 Å². The summed E-state index contributed by atoms with van der Waals surface area (Å²) < 4.78 is 6.91. The minimum atomic E-state index is 0.0667. The van der Waals surface area contributed by atoms with Gasteiger partial charge in [0.15, 0.2) is 0 Å². The molecule has 0 saturated heterocycles. The van der Waals surface area contributed by atoms with Crippen LogP contribution in [0.5, 0.6) is 0 Å². The highest BCUT2D eigenvalue weighted by molar-refractivity contribution is 9.10. The Morgan fingerprint density at radius 1 is 1.30 bits per heavy atom. The Morgan fingerprint density at radius 2 is 2.05 bits per heavy atom. The van der Waals surface area contributed by atoms with Gasteiger partial charge < -0.3 is 10.1 Å². The third-order valence-corrected chi connectivity index (χ3v) is 4.98. The molecule has 2 rings (SSSR count). The van der Waals surface area contributed by atoms with Crippen LogP contribution in [0, 0.1) is 0 Å². The van der Waals surface area contributed by atoms with E-state index in [1.165, 1.54) is 10.4 Å². The third kappa shape index (κ3) is 4.16. The number of halogens is 1. The molecule has 2 unspecified atom stereocenters. The van der Waals surface area contributed by atoms with E-state index >= 15 is 0 Å². The second-order valence-corrected chi connectivity index (χ2v) is 6.58. The van der Waals surface area contributed by atoms with Crippen LogP contribution in [0.1, 0.15) is 23.5 Å². The third-order valence-electron chi connectivity index (χ3n) is 3.26. The van der Waals surface area contributed by atoms with Gasteiger partial charge in [-0.3, -0.25) is 0 Å². The Labute approximate surface area is 133 Å². The molecule has 0 spiro atoms. The van der Waals surface area contributed by atoms with Gasteiger partial charge in [-0.2, -0.15) is 0 Å². The van der Waals surface area contributed by atoms with Crippen LogP contribution in [0.3, 0.4) is 0 Å². The van der Waals surface area contributed by atoms with Gasteiger partial charge in [-0.05, 0) is 40.5 Å². The van der Waals surface area contributed by atoms with Gasteiger partial charge in [-0.1, -0.05) is 37.3 Å². The number of likely N-dealkylation sites (N-methyl/N-ethyl adjacent to an activating group) is 1. The molecule has 0 radical (unpaired) electrons. The average molecular weight is 354 g/mol. The number of methoxy groups -OCH3 is 1.